The van der Waals surface area contributed by atoms with Crippen molar-refractivity contribution in [3.8, 4) is 0 Å². The highest BCUT2D eigenvalue weighted by Gasteiger charge is 2.19. The van der Waals surface area contributed by atoms with Crippen LogP contribution in [0.5, 0.6) is 0 Å². The van der Waals surface area contributed by atoms with Gasteiger partial charge in [0.05, 0.1) is 0 Å². The van der Waals surface area contributed by atoms with E-state index in [1.165, 1.54) is 12.1 Å². The van der Waals surface area contributed by atoms with Gasteiger partial charge < -0.3 is 5.73 Å². The van der Waals surface area contributed by atoms with E-state index < -0.39 is 34.9 Å². The molecule has 106 valence electrons. The van der Waals surface area contributed by atoms with Crippen LogP contribution in [0.4, 0.5) is 17.6 Å². The molecule has 0 aromatic heterocycles. The Hall–Kier alpha value is -1.88. The molecule has 0 fully saturated rings. The molecule has 0 radical (unpaired) electrons. The van der Waals surface area contributed by atoms with E-state index in [1.54, 1.807) is 13.0 Å². The van der Waals surface area contributed by atoms with Crippen LogP contribution >= 0.6 is 0 Å². The van der Waals surface area contributed by atoms with Crippen LogP contribution in [0.1, 0.15) is 22.7 Å². The maximum atomic E-state index is 13.6. The standard InChI is InChI=1S/C15H13F4N/c1-8-2-3-10(16)4-9(8)5-14(20)15-12(18)6-11(17)7-13(15)19/h2-4,6-7,14H,5,20H2,1H3. The average Bonchev–Trinajstić information content (AvgIpc) is 2.32. The Labute approximate surface area is 114 Å². The highest BCUT2D eigenvalue weighted by Crippen LogP contribution is 2.24. The number of hydrogen-bond donors (Lipinski definition) is 1. The van der Waals surface area contributed by atoms with Crippen LogP contribution in [0, 0.1) is 30.2 Å². The van der Waals surface area contributed by atoms with Crippen molar-refractivity contribution in [2.75, 3.05) is 0 Å². The molecule has 0 aliphatic heterocycles. The minimum atomic E-state index is -1.04. The van der Waals surface area contributed by atoms with Gasteiger partial charge in [-0.2, -0.15) is 0 Å². The summed E-state index contributed by atoms with van der Waals surface area (Å²) >= 11 is 0. The van der Waals surface area contributed by atoms with Gasteiger partial charge in [0.1, 0.15) is 23.3 Å². The minimum Gasteiger partial charge on any atom is -0.323 e. The summed E-state index contributed by atoms with van der Waals surface area (Å²) in [7, 11) is 0. The molecule has 0 amide bonds. The fourth-order valence-electron chi connectivity index (χ4n) is 2.11. The first kappa shape index (κ1) is 14.5. The fourth-order valence-corrected chi connectivity index (χ4v) is 2.11. The number of benzene rings is 2. The normalized spacial score (nSPS) is 12.5. The van der Waals surface area contributed by atoms with Crippen molar-refractivity contribution in [1.82, 2.24) is 0 Å². The molecule has 5 heteroatoms. The van der Waals surface area contributed by atoms with Crippen LogP contribution in [0.2, 0.25) is 0 Å². The molecule has 0 saturated heterocycles. The highest BCUT2D eigenvalue weighted by atomic mass is 19.1. The van der Waals surface area contributed by atoms with Crippen LogP contribution in [0.3, 0.4) is 0 Å². The van der Waals surface area contributed by atoms with Crippen LogP contribution < -0.4 is 5.73 Å². The van der Waals surface area contributed by atoms with E-state index in [9.17, 15) is 17.6 Å². The van der Waals surface area contributed by atoms with Gasteiger partial charge in [-0.25, -0.2) is 17.6 Å². The van der Waals surface area contributed by atoms with E-state index >= 15 is 0 Å². The summed E-state index contributed by atoms with van der Waals surface area (Å²) in [5.41, 5.74) is 6.70. The molecule has 0 heterocycles. The third-order valence-electron chi connectivity index (χ3n) is 3.17. The highest BCUT2D eigenvalue weighted by molar-refractivity contribution is 5.31. The van der Waals surface area contributed by atoms with E-state index in [0.29, 0.717) is 17.7 Å². The maximum absolute atomic E-state index is 13.6. The Kier molecular flexibility index (Phi) is 4.09. The predicted octanol–water partition coefficient (Wildman–Crippen LogP) is 3.79. The molecule has 1 atom stereocenters. The predicted molar refractivity (Wildman–Crippen MR) is 68.1 cm³/mol. The first-order valence-corrected chi connectivity index (χ1v) is 6.03. The SMILES string of the molecule is Cc1ccc(F)cc1CC(N)c1c(F)cc(F)cc1F. The molecular weight excluding hydrogens is 270 g/mol. The Morgan fingerprint density at radius 3 is 2.15 bits per heavy atom. The van der Waals surface area contributed by atoms with Crippen molar-refractivity contribution >= 4 is 0 Å². The third kappa shape index (κ3) is 2.99. The summed E-state index contributed by atoms with van der Waals surface area (Å²) in [6, 6.07) is 4.27. The Bertz CT molecular complexity index is 617. The minimum absolute atomic E-state index is 0.0586. The van der Waals surface area contributed by atoms with Gasteiger partial charge in [-0.15, -0.1) is 0 Å². The lowest BCUT2D eigenvalue weighted by molar-refractivity contribution is 0.501. The molecule has 0 aliphatic carbocycles. The van der Waals surface area contributed by atoms with Crippen molar-refractivity contribution in [2.45, 2.75) is 19.4 Å². The molecule has 2 N–H and O–H groups in total. The van der Waals surface area contributed by atoms with Crippen molar-refractivity contribution < 1.29 is 17.6 Å². The van der Waals surface area contributed by atoms with Gasteiger partial charge in [-0.1, -0.05) is 6.07 Å². The molecular formula is C15H13F4N. The zero-order valence-electron chi connectivity index (χ0n) is 10.8. The molecule has 2 rings (SSSR count). The lowest BCUT2D eigenvalue weighted by Crippen LogP contribution is -2.18. The summed E-state index contributed by atoms with van der Waals surface area (Å²) in [6.45, 7) is 1.75. The van der Waals surface area contributed by atoms with Crippen molar-refractivity contribution in [3.05, 3.63) is 70.3 Å². The molecule has 20 heavy (non-hydrogen) atoms. The fraction of sp³-hybridized carbons (Fsp3) is 0.200. The van der Waals surface area contributed by atoms with Crippen LogP contribution in [0.15, 0.2) is 30.3 Å². The van der Waals surface area contributed by atoms with Gasteiger partial charge in [-0.3, -0.25) is 0 Å². The van der Waals surface area contributed by atoms with Crippen molar-refractivity contribution in [1.29, 1.82) is 0 Å². The Balaban J connectivity index is 2.33. The number of nitrogens with two attached hydrogens (primary N) is 1. The molecule has 1 unspecified atom stereocenters. The lowest BCUT2D eigenvalue weighted by Gasteiger charge is -2.15. The van der Waals surface area contributed by atoms with Gasteiger partial charge in [0.2, 0.25) is 0 Å². The van der Waals surface area contributed by atoms with E-state index in [2.05, 4.69) is 0 Å². The number of aryl methyl sites for hydroxylation is 1. The second-order valence-corrected chi connectivity index (χ2v) is 4.66. The molecule has 2 aromatic rings. The average molecular weight is 283 g/mol. The summed E-state index contributed by atoms with van der Waals surface area (Å²) in [5.74, 6) is -3.52. The molecule has 1 nitrogen and oxygen atoms in total. The van der Waals surface area contributed by atoms with Crippen molar-refractivity contribution in [2.24, 2.45) is 5.73 Å². The largest absolute Gasteiger partial charge is 0.323 e. The van der Waals surface area contributed by atoms with Gasteiger partial charge in [0.15, 0.2) is 0 Å². The zero-order chi connectivity index (χ0) is 14.9. The summed E-state index contributed by atoms with van der Waals surface area (Å²) in [5, 5.41) is 0. The van der Waals surface area contributed by atoms with Gasteiger partial charge in [0.25, 0.3) is 0 Å². The number of halogens is 4. The van der Waals surface area contributed by atoms with Gasteiger partial charge in [-0.05, 0) is 36.6 Å². The Morgan fingerprint density at radius 1 is 0.950 bits per heavy atom. The molecule has 2 aromatic carbocycles. The van der Waals surface area contributed by atoms with Gasteiger partial charge >= 0.3 is 0 Å². The van der Waals surface area contributed by atoms with Gasteiger partial charge in [0, 0.05) is 23.7 Å². The maximum Gasteiger partial charge on any atom is 0.133 e. The van der Waals surface area contributed by atoms with E-state index in [1.807, 2.05) is 0 Å². The zero-order valence-corrected chi connectivity index (χ0v) is 10.8. The monoisotopic (exact) mass is 283 g/mol. The topological polar surface area (TPSA) is 26.0 Å². The van der Waals surface area contributed by atoms with E-state index in [-0.39, 0.29) is 6.42 Å². The number of rotatable bonds is 3. The first-order valence-electron chi connectivity index (χ1n) is 6.03. The van der Waals surface area contributed by atoms with Crippen LogP contribution in [-0.2, 0) is 6.42 Å². The summed E-state index contributed by atoms with van der Waals surface area (Å²) < 4.78 is 53.2. The second-order valence-electron chi connectivity index (χ2n) is 4.66. The summed E-state index contributed by atoms with van der Waals surface area (Å²) in [6.07, 6.45) is 0.0586. The van der Waals surface area contributed by atoms with E-state index in [4.69, 9.17) is 5.73 Å². The van der Waals surface area contributed by atoms with Crippen LogP contribution in [0.25, 0.3) is 0 Å². The molecule has 0 saturated carbocycles. The van der Waals surface area contributed by atoms with Crippen LogP contribution in [-0.4, -0.2) is 0 Å². The Morgan fingerprint density at radius 2 is 1.55 bits per heavy atom. The quantitative estimate of drug-likeness (QED) is 0.852. The lowest BCUT2D eigenvalue weighted by atomic mass is 9.96. The second kappa shape index (κ2) is 5.63. The molecule has 0 aliphatic rings. The van der Waals surface area contributed by atoms with E-state index in [0.717, 1.165) is 5.56 Å². The molecule has 0 bridgehead atoms. The smallest absolute Gasteiger partial charge is 0.133 e. The first-order chi connectivity index (χ1) is 9.38. The number of hydrogen-bond acceptors (Lipinski definition) is 1. The third-order valence-corrected chi connectivity index (χ3v) is 3.17. The van der Waals surface area contributed by atoms with Crippen molar-refractivity contribution in [3.63, 3.8) is 0 Å². The summed E-state index contributed by atoms with van der Waals surface area (Å²) in [4.78, 5) is 0. The molecule has 0 spiro atoms.